The molecule has 0 saturated heterocycles. The van der Waals surface area contributed by atoms with Gasteiger partial charge in [0.05, 0.1) is 12.2 Å². The number of hydrogen-bond acceptors (Lipinski definition) is 2. The molecule has 0 radical (unpaired) electrons. The third-order valence-electron chi connectivity index (χ3n) is 2.29. The van der Waals surface area contributed by atoms with Gasteiger partial charge in [-0.2, -0.15) is 0 Å². The fourth-order valence-corrected chi connectivity index (χ4v) is 1.60. The van der Waals surface area contributed by atoms with Crippen molar-refractivity contribution in [3.8, 4) is 0 Å². The first kappa shape index (κ1) is 12.1. The van der Waals surface area contributed by atoms with Gasteiger partial charge in [0.15, 0.2) is 0 Å². The highest BCUT2D eigenvalue weighted by Crippen LogP contribution is 2.27. The molecule has 0 heterocycles. The zero-order valence-corrected chi connectivity index (χ0v) is 10.0. The predicted molar refractivity (Wildman–Crippen MR) is 64.7 cm³/mol. The van der Waals surface area contributed by atoms with E-state index in [2.05, 4.69) is 27.7 Å². The van der Waals surface area contributed by atoms with Crippen LogP contribution in [0.1, 0.15) is 39.4 Å². The first-order valence-electron chi connectivity index (χ1n) is 5.51. The molecule has 0 spiro atoms. The Bertz CT molecular complexity index is 290. The summed E-state index contributed by atoms with van der Waals surface area (Å²) in [6.45, 7) is 8.46. The van der Waals surface area contributed by atoms with Crippen LogP contribution in [0.3, 0.4) is 0 Å². The lowest BCUT2D eigenvalue weighted by Gasteiger charge is -2.24. The maximum Gasteiger partial charge on any atom is 0.0851 e. The van der Waals surface area contributed by atoms with Crippen LogP contribution < -0.4 is 5.73 Å². The van der Waals surface area contributed by atoms with Gasteiger partial charge in [0.1, 0.15) is 0 Å². The topological polar surface area (TPSA) is 35.2 Å². The quantitative estimate of drug-likeness (QED) is 0.768. The molecule has 2 N–H and O–H groups in total. The molecule has 0 aliphatic rings. The largest absolute Gasteiger partial charge is 0.399 e. The number of hydrogen-bond donors (Lipinski definition) is 1. The summed E-state index contributed by atoms with van der Waals surface area (Å²) in [5.41, 5.74) is 7.66. The Kier molecular flexibility index (Phi) is 4.15. The predicted octanol–water partition coefficient (Wildman–Crippen LogP) is 3.39. The van der Waals surface area contributed by atoms with E-state index < -0.39 is 0 Å². The maximum atomic E-state index is 5.90. The second-order valence-corrected chi connectivity index (χ2v) is 4.52. The van der Waals surface area contributed by atoms with E-state index in [0.717, 1.165) is 5.69 Å². The fourth-order valence-electron chi connectivity index (χ4n) is 1.60. The van der Waals surface area contributed by atoms with Crippen LogP contribution in [-0.4, -0.2) is 6.10 Å². The highest BCUT2D eigenvalue weighted by Gasteiger charge is 2.17. The van der Waals surface area contributed by atoms with Gasteiger partial charge >= 0.3 is 0 Å². The Morgan fingerprint density at radius 3 is 1.93 bits per heavy atom. The van der Waals surface area contributed by atoms with Gasteiger partial charge in [0.2, 0.25) is 0 Å². The number of rotatable bonds is 4. The van der Waals surface area contributed by atoms with E-state index in [0.29, 0.717) is 5.92 Å². The van der Waals surface area contributed by atoms with E-state index in [9.17, 15) is 0 Å². The molecule has 0 aliphatic carbocycles. The average molecular weight is 207 g/mol. The van der Waals surface area contributed by atoms with Gasteiger partial charge < -0.3 is 10.5 Å². The molecule has 1 aromatic carbocycles. The molecule has 84 valence electrons. The molecular formula is C13H21NO. The highest BCUT2D eigenvalue weighted by molar-refractivity contribution is 5.39. The minimum atomic E-state index is 0.158. The smallest absolute Gasteiger partial charge is 0.0851 e. The third-order valence-corrected chi connectivity index (χ3v) is 2.29. The first-order valence-corrected chi connectivity index (χ1v) is 5.51. The van der Waals surface area contributed by atoms with Crippen molar-refractivity contribution in [2.24, 2.45) is 5.92 Å². The first-order chi connectivity index (χ1) is 7.00. The standard InChI is InChI=1S/C13H21NO/c1-9(2)13(15-10(3)4)11-5-7-12(14)8-6-11/h5-10,13H,14H2,1-4H3/t13-/m0/s1. The molecule has 1 atom stereocenters. The molecular weight excluding hydrogens is 186 g/mol. The van der Waals surface area contributed by atoms with Gasteiger partial charge in [-0.3, -0.25) is 0 Å². The third kappa shape index (κ3) is 3.56. The number of nitrogen functional groups attached to an aromatic ring is 1. The lowest BCUT2D eigenvalue weighted by atomic mass is 9.98. The normalized spacial score (nSPS) is 13.5. The molecule has 2 heteroatoms. The van der Waals surface area contributed by atoms with Crippen molar-refractivity contribution < 1.29 is 4.74 Å². The van der Waals surface area contributed by atoms with Crippen molar-refractivity contribution in [2.75, 3.05) is 5.73 Å². The fraction of sp³-hybridized carbons (Fsp3) is 0.538. The van der Waals surface area contributed by atoms with Crippen LogP contribution in [0.15, 0.2) is 24.3 Å². The van der Waals surface area contributed by atoms with Crippen molar-refractivity contribution >= 4 is 5.69 Å². The Morgan fingerprint density at radius 1 is 1.00 bits per heavy atom. The van der Waals surface area contributed by atoms with Crippen LogP contribution in [0.25, 0.3) is 0 Å². The summed E-state index contributed by atoms with van der Waals surface area (Å²) in [5.74, 6) is 0.469. The number of ether oxygens (including phenoxy) is 1. The van der Waals surface area contributed by atoms with E-state index in [1.54, 1.807) is 0 Å². The summed E-state index contributed by atoms with van der Waals surface area (Å²) in [7, 11) is 0. The van der Waals surface area contributed by atoms with Gasteiger partial charge in [-0.1, -0.05) is 26.0 Å². The second-order valence-electron chi connectivity index (χ2n) is 4.52. The van der Waals surface area contributed by atoms with Gasteiger partial charge in [0.25, 0.3) is 0 Å². The number of nitrogens with two attached hydrogens (primary N) is 1. The Balaban J connectivity index is 2.84. The molecule has 1 aromatic rings. The minimum Gasteiger partial charge on any atom is -0.399 e. The molecule has 0 aliphatic heterocycles. The minimum absolute atomic E-state index is 0.158. The summed E-state index contributed by atoms with van der Waals surface area (Å²) >= 11 is 0. The van der Waals surface area contributed by atoms with Crippen LogP contribution in [-0.2, 0) is 4.74 Å². The van der Waals surface area contributed by atoms with Crippen molar-refractivity contribution in [2.45, 2.75) is 39.9 Å². The van der Waals surface area contributed by atoms with Gasteiger partial charge in [-0.15, -0.1) is 0 Å². The van der Waals surface area contributed by atoms with E-state index in [-0.39, 0.29) is 12.2 Å². The number of benzene rings is 1. The summed E-state index contributed by atoms with van der Waals surface area (Å²) in [4.78, 5) is 0. The molecule has 0 saturated carbocycles. The van der Waals surface area contributed by atoms with E-state index in [1.165, 1.54) is 5.56 Å². The average Bonchev–Trinajstić information content (AvgIpc) is 2.15. The van der Waals surface area contributed by atoms with Crippen molar-refractivity contribution in [1.82, 2.24) is 0 Å². The van der Waals surface area contributed by atoms with E-state index in [1.807, 2.05) is 24.3 Å². The van der Waals surface area contributed by atoms with Gasteiger partial charge in [-0.05, 0) is 37.5 Å². The molecule has 15 heavy (non-hydrogen) atoms. The highest BCUT2D eigenvalue weighted by atomic mass is 16.5. The summed E-state index contributed by atoms with van der Waals surface area (Å²) < 4.78 is 5.90. The second kappa shape index (κ2) is 5.17. The molecule has 0 aromatic heterocycles. The van der Waals surface area contributed by atoms with E-state index >= 15 is 0 Å². The Hall–Kier alpha value is -1.02. The zero-order valence-electron chi connectivity index (χ0n) is 10.0. The summed E-state index contributed by atoms with van der Waals surface area (Å²) in [6.07, 6.45) is 0.403. The van der Waals surface area contributed by atoms with Gasteiger partial charge in [0, 0.05) is 5.69 Å². The molecule has 1 rings (SSSR count). The lowest BCUT2D eigenvalue weighted by Crippen LogP contribution is -2.15. The van der Waals surface area contributed by atoms with Gasteiger partial charge in [-0.25, -0.2) is 0 Å². The lowest BCUT2D eigenvalue weighted by molar-refractivity contribution is -0.0199. The van der Waals surface area contributed by atoms with Crippen LogP contribution in [0.5, 0.6) is 0 Å². The summed E-state index contributed by atoms with van der Waals surface area (Å²) in [5, 5.41) is 0. The molecule has 2 nitrogen and oxygen atoms in total. The van der Waals surface area contributed by atoms with E-state index in [4.69, 9.17) is 10.5 Å². The molecule has 0 amide bonds. The van der Waals surface area contributed by atoms with Crippen LogP contribution >= 0.6 is 0 Å². The van der Waals surface area contributed by atoms with Crippen LogP contribution in [0, 0.1) is 5.92 Å². The Morgan fingerprint density at radius 2 is 1.53 bits per heavy atom. The maximum absolute atomic E-state index is 5.90. The van der Waals surface area contributed by atoms with Crippen LogP contribution in [0.4, 0.5) is 5.69 Å². The van der Waals surface area contributed by atoms with Crippen molar-refractivity contribution in [3.05, 3.63) is 29.8 Å². The molecule has 0 fully saturated rings. The molecule has 0 unspecified atom stereocenters. The summed E-state index contributed by atoms with van der Waals surface area (Å²) in [6, 6.07) is 7.94. The number of anilines is 1. The van der Waals surface area contributed by atoms with Crippen LogP contribution in [0.2, 0.25) is 0 Å². The van der Waals surface area contributed by atoms with Crippen molar-refractivity contribution in [1.29, 1.82) is 0 Å². The zero-order chi connectivity index (χ0) is 11.4. The SMILES string of the molecule is CC(C)O[C@H](c1ccc(N)cc1)C(C)C. The molecule has 0 bridgehead atoms. The Labute approximate surface area is 92.4 Å². The van der Waals surface area contributed by atoms with Crippen molar-refractivity contribution in [3.63, 3.8) is 0 Å². The monoisotopic (exact) mass is 207 g/mol.